The molecule has 0 radical (unpaired) electrons. The molecule has 15 nitrogen and oxygen atoms in total. The van der Waals surface area contributed by atoms with Gasteiger partial charge in [0.05, 0.1) is 12.5 Å². The highest BCUT2D eigenvalue weighted by Crippen LogP contribution is 2.05. The van der Waals surface area contributed by atoms with Gasteiger partial charge in [0.25, 0.3) is 0 Å². The van der Waals surface area contributed by atoms with Gasteiger partial charge >= 0.3 is 11.9 Å². The summed E-state index contributed by atoms with van der Waals surface area (Å²) in [4.78, 5) is 63.8. The Morgan fingerprint density at radius 1 is 0.824 bits per heavy atom. The second-order valence-corrected chi connectivity index (χ2v) is 7.64. The van der Waals surface area contributed by atoms with Crippen LogP contribution < -0.4 is 38.9 Å². The van der Waals surface area contributed by atoms with Gasteiger partial charge in [-0.1, -0.05) is 0 Å². The predicted octanol–water partition coefficient (Wildman–Crippen LogP) is -3.47. The highest BCUT2D eigenvalue weighted by atomic mass is 16.4. The minimum absolute atomic E-state index is 0.0439. The van der Waals surface area contributed by atoms with Crippen molar-refractivity contribution >= 4 is 35.6 Å². The van der Waals surface area contributed by atoms with Crippen LogP contribution in [0.5, 0.6) is 0 Å². The number of carbonyl (C=O) groups is 5. The van der Waals surface area contributed by atoms with E-state index in [4.69, 9.17) is 28.0 Å². The number of carboxylic acids is 2. The topological polar surface area (TPSA) is 278 Å². The zero-order chi connectivity index (χ0) is 26.3. The summed E-state index contributed by atoms with van der Waals surface area (Å²) in [5, 5.41) is 25.5. The van der Waals surface area contributed by atoms with E-state index >= 15 is 0 Å². The van der Waals surface area contributed by atoms with Gasteiger partial charge in [0.1, 0.15) is 18.1 Å². The van der Waals surface area contributed by atoms with E-state index in [0.717, 1.165) is 0 Å². The lowest BCUT2D eigenvalue weighted by Crippen LogP contribution is -2.57. The summed E-state index contributed by atoms with van der Waals surface area (Å²) in [5.74, 6) is -5.37. The van der Waals surface area contributed by atoms with E-state index in [0.29, 0.717) is 19.4 Å². The Labute approximate surface area is 197 Å². The van der Waals surface area contributed by atoms with E-state index in [9.17, 15) is 29.1 Å². The molecule has 0 saturated heterocycles. The number of guanidine groups is 1. The maximum atomic E-state index is 12.8. The number of carboxylic acid groups (broad SMARTS) is 2. The van der Waals surface area contributed by atoms with Gasteiger partial charge in [-0.25, -0.2) is 4.79 Å². The van der Waals surface area contributed by atoms with Crippen molar-refractivity contribution in [2.24, 2.45) is 27.9 Å². The molecule has 194 valence electrons. The molecule has 4 unspecified atom stereocenters. The van der Waals surface area contributed by atoms with E-state index in [1.54, 1.807) is 0 Å². The summed E-state index contributed by atoms with van der Waals surface area (Å²) in [6.45, 7) is 1.91. The van der Waals surface area contributed by atoms with Crippen molar-refractivity contribution < 1.29 is 34.2 Å². The molecule has 13 N–H and O–H groups in total. The maximum Gasteiger partial charge on any atom is 0.326 e. The molecule has 34 heavy (non-hydrogen) atoms. The summed E-state index contributed by atoms with van der Waals surface area (Å²) in [6, 6.07) is -4.95. The Kier molecular flexibility index (Phi) is 14.6. The highest BCUT2D eigenvalue weighted by Gasteiger charge is 2.31. The number of unbranched alkanes of at least 4 members (excludes halogenated alkanes) is 1. The van der Waals surface area contributed by atoms with Crippen LogP contribution in [0.4, 0.5) is 0 Å². The summed E-state index contributed by atoms with van der Waals surface area (Å²) >= 11 is 0. The number of aliphatic carboxylic acids is 2. The number of rotatable bonds is 17. The van der Waals surface area contributed by atoms with Gasteiger partial charge in [0.15, 0.2) is 5.96 Å². The number of hydrogen-bond acceptors (Lipinski definition) is 8. The van der Waals surface area contributed by atoms with Crippen LogP contribution in [0, 0.1) is 0 Å². The molecule has 0 aliphatic heterocycles. The molecular formula is C19H36N8O7. The van der Waals surface area contributed by atoms with E-state index in [-0.39, 0.29) is 31.8 Å². The zero-order valence-electron chi connectivity index (χ0n) is 19.2. The molecule has 0 aromatic carbocycles. The number of amides is 3. The summed E-state index contributed by atoms with van der Waals surface area (Å²) in [6.07, 6.45) is 0.576. The number of nitrogens with zero attached hydrogens (tertiary/aromatic N) is 1. The number of aliphatic imine (C=N–C) groups is 1. The standard InChI is InChI=1S/C19H36N8O7/c1-10(21)15(30)25-11(5-2-3-7-20)16(31)27-13(9-14(28)29)17(32)26-12(18(33)34)6-4-8-24-19(22)23/h10-13H,2-9,20-21H2,1H3,(H,25,30)(H,26,32)(H,27,31)(H,28,29)(H,33,34)(H4,22,23,24). The monoisotopic (exact) mass is 488 g/mol. The lowest BCUT2D eigenvalue weighted by Gasteiger charge is -2.24. The second kappa shape index (κ2) is 16.2. The molecule has 3 amide bonds. The summed E-state index contributed by atoms with van der Waals surface area (Å²) < 4.78 is 0. The molecule has 0 rings (SSSR count). The van der Waals surface area contributed by atoms with Gasteiger partial charge in [0, 0.05) is 6.54 Å². The Morgan fingerprint density at radius 3 is 1.85 bits per heavy atom. The lowest BCUT2D eigenvalue weighted by atomic mass is 10.1. The van der Waals surface area contributed by atoms with Gasteiger partial charge in [-0.3, -0.25) is 24.2 Å². The van der Waals surface area contributed by atoms with Gasteiger partial charge in [-0.2, -0.15) is 0 Å². The van der Waals surface area contributed by atoms with Crippen LogP contribution in [0.25, 0.3) is 0 Å². The van der Waals surface area contributed by atoms with E-state index in [1.807, 2.05) is 0 Å². The number of carbonyl (C=O) groups excluding carboxylic acids is 3. The van der Waals surface area contributed by atoms with Gasteiger partial charge < -0.3 is 49.1 Å². The Hall–Kier alpha value is -3.46. The lowest BCUT2D eigenvalue weighted by molar-refractivity contribution is -0.143. The first kappa shape index (κ1) is 30.5. The smallest absolute Gasteiger partial charge is 0.326 e. The van der Waals surface area contributed by atoms with Gasteiger partial charge in [-0.15, -0.1) is 0 Å². The molecule has 0 saturated carbocycles. The fraction of sp³-hybridized carbons (Fsp3) is 0.684. The fourth-order valence-electron chi connectivity index (χ4n) is 2.75. The Balaban J connectivity index is 5.38. The molecule has 0 aromatic rings. The molecule has 0 spiro atoms. The Bertz CT molecular complexity index is 740. The Morgan fingerprint density at radius 2 is 1.35 bits per heavy atom. The van der Waals surface area contributed by atoms with Crippen LogP contribution in [0.15, 0.2) is 4.99 Å². The first-order valence-electron chi connectivity index (χ1n) is 10.8. The van der Waals surface area contributed by atoms with Crippen LogP contribution >= 0.6 is 0 Å². The maximum absolute atomic E-state index is 12.8. The molecule has 4 atom stereocenters. The molecule has 0 aliphatic rings. The van der Waals surface area contributed by atoms with Crippen molar-refractivity contribution in [3.8, 4) is 0 Å². The molecule has 0 heterocycles. The van der Waals surface area contributed by atoms with E-state index < -0.39 is 60.2 Å². The quantitative estimate of drug-likeness (QED) is 0.0550. The summed E-state index contributed by atoms with van der Waals surface area (Å²) in [5.41, 5.74) is 21.4. The summed E-state index contributed by atoms with van der Waals surface area (Å²) in [7, 11) is 0. The van der Waals surface area contributed by atoms with Crippen LogP contribution in [0.1, 0.15) is 45.4 Å². The molecule has 0 aromatic heterocycles. The third-order valence-corrected chi connectivity index (χ3v) is 4.57. The minimum Gasteiger partial charge on any atom is -0.481 e. The third-order valence-electron chi connectivity index (χ3n) is 4.57. The van der Waals surface area contributed by atoms with Crippen LogP contribution in [0.3, 0.4) is 0 Å². The van der Waals surface area contributed by atoms with Gasteiger partial charge in [0.2, 0.25) is 17.7 Å². The van der Waals surface area contributed by atoms with Crippen molar-refractivity contribution in [1.82, 2.24) is 16.0 Å². The van der Waals surface area contributed by atoms with Crippen molar-refractivity contribution in [3.63, 3.8) is 0 Å². The van der Waals surface area contributed by atoms with Crippen LogP contribution in [0.2, 0.25) is 0 Å². The normalized spacial score (nSPS) is 14.1. The van der Waals surface area contributed by atoms with E-state index in [2.05, 4.69) is 20.9 Å². The van der Waals surface area contributed by atoms with Crippen LogP contribution in [-0.2, 0) is 24.0 Å². The number of nitrogens with one attached hydrogen (secondary N) is 3. The minimum atomic E-state index is -1.59. The second-order valence-electron chi connectivity index (χ2n) is 7.64. The van der Waals surface area contributed by atoms with Gasteiger partial charge in [-0.05, 0) is 45.6 Å². The van der Waals surface area contributed by atoms with Crippen molar-refractivity contribution in [3.05, 3.63) is 0 Å². The van der Waals surface area contributed by atoms with Crippen molar-refractivity contribution in [1.29, 1.82) is 0 Å². The first-order valence-corrected chi connectivity index (χ1v) is 10.8. The average molecular weight is 489 g/mol. The fourth-order valence-corrected chi connectivity index (χ4v) is 2.75. The average Bonchev–Trinajstić information content (AvgIpc) is 2.73. The third kappa shape index (κ3) is 13.2. The highest BCUT2D eigenvalue weighted by molar-refractivity contribution is 5.95. The predicted molar refractivity (Wildman–Crippen MR) is 122 cm³/mol. The molecule has 0 fully saturated rings. The zero-order valence-corrected chi connectivity index (χ0v) is 19.2. The molecular weight excluding hydrogens is 452 g/mol. The van der Waals surface area contributed by atoms with E-state index in [1.165, 1.54) is 6.92 Å². The molecule has 15 heteroatoms. The number of hydrogen-bond donors (Lipinski definition) is 9. The molecule has 0 bridgehead atoms. The van der Waals surface area contributed by atoms with Crippen molar-refractivity contribution in [2.45, 2.75) is 69.6 Å². The van der Waals surface area contributed by atoms with Crippen molar-refractivity contribution in [2.75, 3.05) is 13.1 Å². The first-order chi connectivity index (χ1) is 15.9. The van der Waals surface area contributed by atoms with Crippen LogP contribution in [-0.4, -0.2) is 83.1 Å². The largest absolute Gasteiger partial charge is 0.481 e. The SMILES string of the molecule is CC(N)C(=O)NC(CCCCN)C(=O)NC(CC(=O)O)C(=O)NC(CCCN=C(N)N)C(=O)O. The number of nitrogens with two attached hydrogens (primary N) is 4. The molecule has 0 aliphatic carbocycles.